The minimum Gasteiger partial charge on any atom is -0.340 e. The molecule has 0 aromatic carbocycles. The molecule has 1 rings (SSSR count). The van der Waals surface area contributed by atoms with Crippen LogP contribution in [0.3, 0.4) is 0 Å². The van der Waals surface area contributed by atoms with Crippen molar-refractivity contribution < 1.29 is 4.79 Å². The Morgan fingerprint density at radius 1 is 1.39 bits per heavy atom. The summed E-state index contributed by atoms with van der Waals surface area (Å²) in [5, 5.41) is 3.33. The number of piperidine rings is 1. The predicted octanol–water partition coefficient (Wildman–Crippen LogP) is 2.84. The average Bonchev–Trinajstić information content (AvgIpc) is 2.34. The summed E-state index contributed by atoms with van der Waals surface area (Å²) >= 11 is 0. The number of nitrogens with zero attached hydrogens (tertiary/aromatic N) is 1. The van der Waals surface area contributed by atoms with Crippen molar-refractivity contribution >= 4 is 18.3 Å². The summed E-state index contributed by atoms with van der Waals surface area (Å²) in [6, 6.07) is 0.335. The van der Waals surface area contributed by atoms with Crippen LogP contribution in [0.2, 0.25) is 0 Å². The number of hydrogen-bond acceptors (Lipinski definition) is 2. The number of unbranched alkanes of at least 4 members (excludes halogenated alkanes) is 2. The normalized spacial score (nSPS) is 19.4. The van der Waals surface area contributed by atoms with Gasteiger partial charge in [0.25, 0.3) is 0 Å². The third-order valence-corrected chi connectivity index (χ3v) is 3.56. The highest BCUT2D eigenvalue weighted by Crippen LogP contribution is 2.16. The summed E-state index contributed by atoms with van der Waals surface area (Å²) in [4.78, 5) is 14.5. The van der Waals surface area contributed by atoms with Crippen molar-refractivity contribution in [1.29, 1.82) is 0 Å². The van der Waals surface area contributed by atoms with E-state index in [-0.39, 0.29) is 18.3 Å². The van der Waals surface area contributed by atoms with E-state index in [4.69, 9.17) is 0 Å². The van der Waals surface area contributed by atoms with Gasteiger partial charge < -0.3 is 10.2 Å². The quantitative estimate of drug-likeness (QED) is 0.757. The highest BCUT2D eigenvalue weighted by atomic mass is 35.5. The molecule has 1 atom stereocenters. The average molecular weight is 277 g/mol. The van der Waals surface area contributed by atoms with E-state index < -0.39 is 0 Å². The van der Waals surface area contributed by atoms with Crippen LogP contribution in [0.5, 0.6) is 0 Å². The first-order chi connectivity index (χ1) is 8.16. The summed E-state index contributed by atoms with van der Waals surface area (Å²) in [6.45, 7) is 9.32. The summed E-state index contributed by atoms with van der Waals surface area (Å²) in [5.74, 6) is 0.580. The van der Waals surface area contributed by atoms with E-state index in [2.05, 4.69) is 31.0 Å². The van der Waals surface area contributed by atoms with Crippen LogP contribution in [-0.4, -0.2) is 36.5 Å². The number of carbonyl (C=O) groups is 1. The van der Waals surface area contributed by atoms with Crippen molar-refractivity contribution in [1.82, 2.24) is 10.2 Å². The van der Waals surface area contributed by atoms with Crippen molar-refractivity contribution in [3.05, 3.63) is 0 Å². The molecule has 1 amide bonds. The summed E-state index contributed by atoms with van der Waals surface area (Å²) in [7, 11) is 0. The molecule has 1 aliphatic heterocycles. The minimum atomic E-state index is 0. The van der Waals surface area contributed by atoms with E-state index in [1.54, 1.807) is 0 Å². The van der Waals surface area contributed by atoms with E-state index in [0.717, 1.165) is 38.9 Å². The van der Waals surface area contributed by atoms with Crippen LogP contribution in [-0.2, 0) is 4.79 Å². The number of halogens is 1. The third kappa shape index (κ3) is 5.57. The third-order valence-electron chi connectivity index (χ3n) is 3.56. The summed E-state index contributed by atoms with van der Waals surface area (Å²) in [6.07, 6.45) is 5.77. The van der Waals surface area contributed by atoms with Gasteiger partial charge in [0.2, 0.25) is 5.91 Å². The fourth-order valence-corrected chi connectivity index (χ4v) is 2.45. The van der Waals surface area contributed by atoms with Gasteiger partial charge in [0.1, 0.15) is 0 Å². The number of carbonyl (C=O) groups excluding carboxylic acids is 1. The van der Waals surface area contributed by atoms with Gasteiger partial charge in [-0.15, -0.1) is 12.4 Å². The van der Waals surface area contributed by atoms with Crippen LogP contribution in [0.15, 0.2) is 0 Å². The van der Waals surface area contributed by atoms with E-state index in [9.17, 15) is 4.79 Å². The second-order valence-electron chi connectivity index (χ2n) is 5.38. The monoisotopic (exact) mass is 276 g/mol. The van der Waals surface area contributed by atoms with Gasteiger partial charge in [0.05, 0.1) is 5.92 Å². The molecule has 0 aromatic rings. The molecule has 1 heterocycles. The topological polar surface area (TPSA) is 32.3 Å². The lowest BCUT2D eigenvalue weighted by molar-refractivity contribution is -0.137. The lowest BCUT2D eigenvalue weighted by Gasteiger charge is -2.32. The first kappa shape index (κ1) is 17.7. The van der Waals surface area contributed by atoms with E-state index in [1.807, 2.05) is 0 Å². The molecule has 0 radical (unpaired) electrons. The van der Waals surface area contributed by atoms with Crippen LogP contribution >= 0.6 is 12.4 Å². The maximum absolute atomic E-state index is 12.4. The Kier molecular flexibility index (Phi) is 9.47. The number of hydrogen-bond donors (Lipinski definition) is 1. The van der Waals surface area contributed by atoms with Crippen LogP contribution in [0.4, 0.5) is 0 Å². The van der Waals surface area contributed by atoms with Gasteiger partial charge in [0.15, 0.2) is 0 Å². The summed E-state index contributed by atoms with van der Waals surface area (Å²) in [5.41, 5.74) is 0. The number of nitrogens with one attached hydrogen (secondary N) is 1. The Morgan fingerprint density at radius 2 is 2.11 bits per heavy atom. The Bertz CT molecular complexity index is 228. The number of rotatable bonds is 6. The smallest absolute Gasteiger partial charge is 0.227 e. The van der Waals surface area contributed by atoms with Gasteiger partial charge in [-0.05, 0) is 39.7 Å². The van der Waals surface area contributed by atoms with Crippen molar-refractivity contribution in [2.45, 2.75) is 58.9 Å². The lowest BCUT2D eigenvalue weighted by atomic mass is 9.97. The zero-order valence-electron chi connectivity index (χ0n) is 12.1. The maximum atomic E-state index is 12.4. The van der Waals surface area contributed by atoms with Crippen LogP contribution in [0, 0.1) is 5.92 Å². The van der Waals surface area contributed by atoms with Crippen molar-refractivity contribution in [3.8, 4) is 0 Å². The van der Waals surface area contributed by atoms with Crippen LogP contribution in [0.1, 0.15) is 52.9 Å². The summed E-state index contributed by atoms with van der Waals surface area (Å²) < 4.78 is 0. The Hall–Kier alpha value is -0.280. The maximum Gasteiger partial charge on any atom is 0.227 e. The molecule has 4 heteroatoms. The molecule has 0 aromatic heterocycles. The fourth-order valence-electron chi connectivity index (χ4n) is 2.45. The zero-order valence-corrected chi connectivity index (χ0v) is 12.9. The van der Waals surface area contributed by atoms with Crippen molar-refractivity contribution in [3.63, 3.8) is 0 Å². The molecule has 0 spiro atoms. The molecule has 1 N–H and O–H groups in total. The molecule has 1 unspecified atom stereocenters. The van der Waals surface area contributed by atoms with Gasteiger partial charge in [-0.2, -0.15) is 0 Å². The van der Waals surface area contributed by atoms with E-state index in [1.165, 1.54) is 12.8 Å². The highest BCUT2D eigenvalue weighted by molar-refractivity contribution is 5.85. The second-order valence-corrected chi connectivity index (χ2v) is 5.38. The van der Waals surface area contributed by atoms with Gasteiger partial charge >= 0.3 is 0 Å². The standard InChI is InChI=1S/C14H28N2O.ClH/c1-4-5-6-10-16(12(2)3)14(17)13-8-7-9-15-11-13;/h12-13,15H,4-11H2,1-3H3;1H. The fraction of sp³-hybridized carbons (Fsp3) is 0.929. The number of amides is 1. The molecule has 1 fully saturated rings. The van der Waals surface area contributed by atoms with Gasteiger partial charge in [-0.1, -0.05) is 19.8 Å². The first-order valence-corrected chi connectivity index (χ1v) is 7.18. The second kappa shape index (κ2) is 9.62. The van der Waals surface area contributed by atoms with Crippen molar-refractivity contribution in [2.75, 3.05) is 19.6 Å². The lowest BCUT2D eigenvalue weighted by Crippen LogP contribution is -2.46. The van der Waals surface area contributed by atoms with E-state index >= 15 is 0 Å². The molecule has 0 bridgehead atoms. The van der Waals surface area contributed by atoms with Crippen LogP contribution in [0.25, 0.3) is 0 Å². The largest absolute Gasteiger partial charge is 0.340 e. The molecule has 18 heavy (non-hydrogen) atoms. The van der Waals surface area contributed by atoms with Gasteiger partial charge in [-0.3, -0.25) is 4.79 Å². The minimum absolute atomic E-state index is 0. The Balaban J connectivity index is 0.00000289. The van der Waals surface area contributed by atoms with E-state index in [0.29, 0.717) is 11.9 Å². The molecule has 3 nitrogen and oxygen atoms in total. The van der Waals surface area contributed by atoms with Gasteiger partial charge in [0, 0.05) is 19.1 Å². The molecular formula is C14H29ClN2O. The molecule has 0 aliphatic carbocycles. The predicted molar refractivity (Wildman–Crippen MR) is 79.2 cm³/mol. The zero-order chi connectivity index (χ0) is 12.7. The van der Waals surface area contributed by atoms with Crippen LogP contribution < -0.4 is 5.32 Å². The Morgan fingerprint density at radius 3 is 2.61 bits per heavy atom. The molecule has 1 aliphatic rings. The first-order valence-electron chi connectivity index (χ1n) is 7.18. The SMILES string of the molecule is CCCCCN(C(=O)C1CCCNC1)C(C)C.Cl. The van der Waals surface area contributed by atoms with Crippen molar-refractivity contribution in [2.24, 2.45) is 5.92 Å². The Labute approximate surface area is 118 Å². The van der Waals surface area contributed by atoms with Gasteiger partial charge in [-0.25, -0.2) is 0 Å². The molecule has 1 saturated heterocycles. The molecule has 108 valence electrons. The molecular weight excluding hydrogens is 248 g/mol. The molecule has 0 saturated carbocycles. The highest BCUT2D eigenvalue weighted by Gasteiger charge is 2.26.